The van der Waals surface area contributed by atoms with Gasteiger partial charge in [0.1, 0.15) is 0 Å². The van der Waals surface area contributed by atoms with Gasteiger partial charge in [-0.1, -0.05) is 64.7 Å². The van der Waals surface area contributed by atoms with Gasteiger partial charge < -0.3 is 0 Å². The van der Waals surface area contributed by atoms with Crippen molar-refractivity contribution in [2.24, 2.45) is 17.8 Å². The lowest BCUT2D eigenvalue weighted by Gasteiger charge is -2.26. The molecule has 0 radical (unpaired) electrons. The molecule has 0 saturated heterocycles. The molecule has 0 heterocycles. The second kappa shape index (κ2) is 8.61. The first-order chi connectivity index (χ1) is 9.12. The van der Waals surface area contributed by atoms with Gasteiger partial charge in [0, 0.05) is 0 Å². The van der Waals surface area contributed by atoms with Crippen molar-refractivity contribution >= 4 is 0 Å². The molecule has 0 spiro atoms. The first kappa shape index (κ1) is 16.5. The van der Waals surface area contributed by atoms with E-state index in [0.717, 1.165) is 17.8 Å². The maximum atomic E-state index is 2.64. The van der Waals surface area contributed by atoms with Crippen LogP contribution in [-0.4, -0.2) is 0 Å². The smallest absolute Gasteiger partial charge is 0.0196 e. The topological polar surface area (TPSA) is 0 Å². The van der Waals surface area contributed by atoms with E-state index in [1.54, 1.807) is 11.1 Å². The normalized spacial score (nSPS) is 23.3. The highest BCUT2D eigenvalue weighted by atomic mass is 14.3. The molecule has 1 aliphatic carbocycles. The standard InChI is InChI=1S/C19H34/c1-6-10-18-14-19(12-9-11-16(18)5)17(8-3)13-15(4)7-2/h11,14-15,17,19H,6-10,12-13H2,1-5H3/t15-,17?,19?/m0/s1. The van der Waals surface area contributed by atoms with E-state index in [1.807, 2.05) is 0 Å². The monoisotopic (exact) mass is 262 g/mol. The molecular weight excluding hydrogens is 228 g/mol. The van der Waals surface area contributed by atoms with Crippen LogP contribution in [0.25, 0.3) is 0 Å². The zero-order valence-electron chi connectivity index (χ0n) is 13.8. The Balaban J connectivity index is 2.79. The summed E-state index contributed by atoms with van der Waals surface area (Å²) in [5.74, 6) is 2.58. The summed E-state index contributed by atoms with van der Waals surface area (Å²) in [6.07, 6.45) is 14.3. The Bertz CT molecular complexity index is 308. The molecule has 0 aromatic rings. The van der Waals surface area contributed by atoms with Crippen molar-refractivity contribution < 1.29 is 0 Å². The van der Waals surface area contributed by atoms with E-state index >= 15 is 0 Å². The van der Waals surface area contributed by atoms with Gasteiger partial charge in [-0.05, 0) is 55.9 Å². The summed E-state index contributed by atoms with van der Waals surface area (Å²) in [6, 6.07) is 0. The maximum absolute atomic E-state index is 2.64. The van der Waals surface area contributed by atoms with Crippen LogP contribution in [-0.2, 0) is 0 Å². The first-order valence-electron chi connectivity index (χ1n) is 8.50. The molecule has 0 nitrogen and oxygen atoms in total. The lowest BCUT2D eigenvalue weighted by atomic mass is 9.79. The number of rotatable bonds is 7. The molecule has 2 unspecified atom stereocenters. The van der Waals surface area contributed by atoms with Crippen LogP contribution in [0.5, 0.6) is 0 Å². The van der Waals surface area contributed by atoms with E-state index in [2.05, 4.69) is 46.8 Å². The number of hydrogen-bond acceptors (Lipinski definition) is 0. The molecule has 19 heavy (non-hydrogen) atoms. The lowest BCUT2D eigenvalue weighted by Crippen LogP contribution is -2.15. The summed E-state index contributed by atoms with van der Waals surface area (Å²) in [5, 5.41) is 0. The van der Waals surface area contributed by atoms with Crippen LogP contribution in [0.3, 0.4) is 0 Å². The fraction of sp³-hybridized carbons (Fsp3) is 0.789. The molecule has 1 aliphatic rings. The van der Waals surface area contributed by atoms with Crippen molar-refractivity contribution in [3.05, 3.63) is 23.3 Å². The van der Waals surface area contributed by atoms with Gasteiger partial charge in [-0.15, -0.1) is 0 Å². The highest BCUT2D eigenvalue weighted by Gasteiger charge is 2.21. The second-order valence-electron chi connectivity index (χ2n) is 6.49. The molecule has 1 rings (SSSR count). The molecule has 0 aliphatic heterocycles. The van der Waals surface area contributed by atoms with Crippen molar-refractivity contribution in [1.82, 2.24) is 0 Å². The van der Waals surface area contributed by atoms with Gasteiger partial charge in [0.15, 0.2) is 0 Å². The minimum absolute atomic E-state index is 0.814. The average Bonchev–Trinajstić information content (AvgIpc) is 2.59. The van der Waals surface area contributed by atoms with Crippen LogP contribution in [0.15, 0.2) is 23.3 Å². The molecular formula is C19H34. The molecule has 0 amide bonds. The van der Waals surface area contributed by atoms with Gasteiger partial charge in [-0.2, -0.15) is 0 Å². The van der Waals surface area contributed by atoms with Crippen LogP contribution in [0.4, 0.5) is 0 Å². The predicted molar refractivity (Wildman–Crippen MR) is 87.3 cm³/mol. The molecule has 0 fully saturated rings. The quantitative estimate of drug-likeness (QED) is 0.489. The van der Waals surface area contributed by atoms with E-state index in [9.17, 15) is 0 Å². The number of allylic oxidation sites excluding steroid dienone is 4. The van der Waals surface area contributed by atoms with Gasteiger partial charge in [-0.3, -0.25) is 0 Å². The van der Waals surface area contributed by atoms with E-state index in [0.29, 0.717) is 0 Å². The minimum atomic E-state index is 0.814. The molecule has 3 atom stereocenters. The summed E-state index contributed by atoms with van der Waals surface area (Å²) in [7, 11) is 0. The Morgan fingerprint density at radius 3 is 2.53 bits per heavy atom. The van der Waals surface area contributed by atoms with Gasteiger partial charge in [-0.25, -0.2) is 0 Å². The van der Waals surface area contributed by atoms with E-state index < -0.39 is 0 Å². The Morgan fingerprint density at radius 2 is 1.95 bits per heavy atom. The van der Waals surface area contributed by atoms with Gasteiger partial charge in [0.25, 0.3) is 0 Å². The van der Waals surface area contributed by atoms with Crippen LogP contribution < -0.4 is 0 Å². The largest absolute Gasteiger partial charge is 0.0813 e. The highest BCUT2D eigenvalue weighted by Crippen LogP contribution is 2.34. The van der Waals surface area contributed by atoms with Crippen molar-refractivity contribution in [3.8, 4) is 0 Å². The van der Waals surface area contributed by atoms with Crippen molar-refractivity contribution in [1.29, 1.82) is 0 Å². The molecule has 0 saturated carbocycles. The van der Waals surface area contributed by atoms with Gasteiger partial charge in [0.2, 0.25) is 0 Å². The predicted octanol–water partition coefficient (Wildman–Crippen LogP) is 6.53. The number of hydrogen-bond donors (Lipinski definition) is 0. The van der Waals surface area contributed by atoms with Crippen molar-refractivity contribution in [2.45, 2.75) is 79.6 Å². The summed E-state index contributed by atoms with van der Waals surface area (Å²) in [6.45, 7) is 11.7. The highest BCUT2D eigenvalue weighted by molar-refractivity contribution is 5.31. The molecule has 0 heteroatoms. The fourth-order valence-corrected chi connectivity index (χ4v) is 3.35. The van der Waals surface area contributed by atoms with Crippen LogP contribution in [0.2, 0.25) is 0 Å². The first-order valence-corrected chi connectivity index (χ1v) is 8.50. The summed E-state index contributed by atoms with van der Waals surface area (Å²) in [4.78, 5) is 0. The summed E-state index contributed by atoms with van der Waals surface area (Å²) < 4.78 is 0. The zero-order valence-corrected chi connectivity index (χ0v) is 13.8. The molecule has 0 N–H and O–H groups in total. The third-order valence-corrected chi connectivity index (χ3v) is 4.92. The Morgan fingerprint density at radius 1 is 1.21 bits per heavy atom. The Labute approximate surface area is 121 Å². The van der Waals surface area contributed by atoms with Crippen LogP contribution in [0, 0.1) is 17.8 Å². The fourth-order valence-electron chi connectivity index (χ4n) is 3.35. The molecule has 0 aromatic heterocycles. The maximum Gasteiger partial charge on any atom is -0.0196 e. The third kappa shape index (κ3) is 5.16. The van der Waals surface area contributed by atoms with Gasteiger partial charge >= 0.3 is 0 Å². The van der Waals surface area contributed by atoms with E-state index in [1.165, 1.54) is 44.9 Å². The summed E-state index contributed by atoms with van der Waals surface area (Å²) >= 11 is 0. The lowest BCUT2D eigenvalue weighted by molar-refractivity contribution is 0.291. The van der Waals surface area contributed by atoms with Crippen LogP contribution in [0.1, 0.15) is 79.6 Å². The van der Waals surface area contributed by atoms with E-state index in [4.69, 9.17) is 0 Å². The Kier molecular flexibility index (Phi) is 7.49. The zero-order chi connectivity index (χ0) is 14.3. The Hall–Kier alpha value is -0.520. The van der Waals surface area contributed by atoms with Crippen LogP contribution >= 0.6 is 0 Å². The SMILES string of the molecule is CCCC1=CC(C(CC)C[C@@H](C)CC)CCC=C1C. The van der Waals surface area contributed by atoms with E-state index in [-0.39, 0.29) is 0 Å². The van der Waals surface area contributed by atoms with Crippen molar-refractivity contribution in [3.63, 3.8) is 0 Å². The molecule has 0 bridgehead atoms. The van der Waals surface area contributed by atoms with Crippen molar-refractivity contribution in [2.75, 3.05) is 0 Å². The second-order valence-corrected chi connectivity index (χ2v) is 6.49. The average molecular weight is 262 g/mol. The summed E-state index contributed by atoms with van der Waals surface area (Å²) in [5.41, 5.74) is 3.18. The van der Waals surface area contributed by atoms with Gasteiger partial charge in [0.05, 0.1) is 0 Å². The minimum Gasteiger partial charge on any atom is -0.0813 e. The molecule has 110 valence electrons. The molecule has 0 aromatic carbocycles. The third-order valence-electron chi connectivity index (χ3n) is 4.92.